The molecule has 64 valence electrons. The van der Waals surface area contributed by atoms with Gasteiger partial charge in [0.05, 0.1) is 5.69 Å². The molecule has 0 spiro atoms. The van der Waals surface area contributed by atoms with Crippen molar-refractivity contribution in [2.75, 3.05) is 5.32 Å². The van der Waals surface area contributed by atoms with Crippen molar-refractivity contribution in [2.24, 2.45) is 0 Å². The van der Waals surface area contributed by atoms with E-state index in [1.54, 1.807) is 12.1 Å². The first kappa shape index (κ1) is 7.87. The Labute approximate surface area is 75.5 Å². The van der Waals surface area contributed by atoms with Gasteiger partial charge in [0.2, 0.25) is 0 Å². The Bertz CT molecular complexity index is 297. The largest absolute Gasteiger partial charge is 0.380 e. The van der Waals surface area contributed by atoms with Gasteiger partial charge in [-0.2, -0.15) is 0 Å². The Morgan fingerprint density at radius 1 is 1.42 bits per heavy atom. The second kappa shape index (κ2) is 2.94. The second-order valence-electron chi connectivity index (χ2n) is 3.04. The Hall–Kier alpha value is -0.760. The molecule has 0 aromatic heterocycles. The van der Waals surface area contributed by atoms with Crippen LogP contribution in [-0.2, 0) is 0 Å². The van der Waals surface area contributed by atoms with Crippen LogP contribution in [0.5, 0.6) is 0 Å². The van der Waals surface area contributed by atoms with E-state index < -0.39 is 0 Å². The first-order chi connectivity index (χ1) is 5.75. The third-order valence-corrected chi connectivity index (χ3v) is 2.10. The van der Waals surface area contributed by atoms with E-state index in [9.17, 15) is 4.39 Å². The molecule has 0 radical (unpaired) electrons. The number of anilines is 1. The average Bonchev–Trinajstić information content (AvgIpc) is 2.81. The smallest absolute Gasteiger partial charge is 0.146 e. The molecule has 1 aliphatic carbocycles. The minimum atomic E-state index is -0.230. The topological polar surface area (TPSA) is 12.0 Å². The monoisotopic (exact) mass is 185 g/mol. The van der Waals surface area contributed by atoms with Crippen molar-refractivity contribution in [2.45, 2.75) is 18.9 Å². The zero-order valence-electron chi connectivity index (χ0n) is 6.48. The first-order valence-corrected chi connectivity index (χ1v) is 4.35. The Morgan fingerprint density at radius 2 is 2.17 bits per heavy atom. The van der Waals surface area contributed by atoms with Gasteiger partial charge in [-0.05, 0) is 31.0 Å². The lowest BCUT2D eigenvalue weighted by molar-refractivity contribution is 0.630. The quantitative estimate of drug-likeness (QED) is 0.747. The van der Waals surface area contributed by atoms with Crippen molar-refractivity contribution in [1.82, 2.24) is 0 Å². The van der Waals surface area contributed by atoms with Crippen molar-refractivity contribution >= 4 is 17.3 Å². The van der Waals surface area contributed by atoms with Crippen LogP contribution >= 0.6 is 11.6 Å². The number of hydrogen-bond donors (Lipinski definition) is 1. The summed E-state index contributed by atoms with van der Waals surface area (Å²) in [5.41, 5.74) is 0.519. The number of rotatable bonds is 2. The summed E-state index contributed by atoms with van der Waals surface area (Å²) in [5.74, 6) is -0.230. The molecule has 1 saturated carbocycles. The van der Waals surface area contributed by atoms with Crippen LogP contribution in [0.25, 0.3) is 0 Å². The van der Waals surface area contributed by atoms with Crippen molar-refractivity contribution in [1.29, 1.82) is 0 Å². The maximum atomic E-state index is 13.0. The molecular weight excluding hydrogens is 177 g/mol. The number of benzene rings is 1. The third kappa shape index (κ3) is 1.69. The van der Waals surface area contributed by atoms with E-state index in [4.69, 9.17) is 11.6 Å². The van der Waals surface area contributed by atoms with Gasteiger partial charge in [0.15, 0.2) is 0 Å². The normalized spacial score (nSPS) is 16.2. The summed E-state index contributed by atoms with van der Waals surface area (Å²) in [4.78, 5) is 0. The minimum absolute atomic E-state index is 0.230. The van der Waals surface area contributed by atoms with Gasteiger partial charge in [0, 0.05) is 11.1 Å². The summed E-state index contributed by atoms with van der Waals surface area (Å²) in [6.45, 7) is 0. The van der Waals surface area contributed by atoms with Crippen LogP contribution in [0.2, 0.25) is 5.02 Å². The lowest BCUT2D eigenvalue weighted by Gasteiger charge is -2.05. The molecule has 0 aliphatic heterocycles. The van der Waals surface area contributed by atoms with Crippen LogP contribution in [0, 0.1) is 5.82 Å². The lowest BCUT2D eigenvalue weighted by Crippen LogP contribution is -2.02. The lowest BCUT2D eigenvalue weighted by atomic mass is 10.3. The van der Waals surface area contributed by atoms with Gasteiger partial charge in [-0.3, -0.25) is 0 Å². The highest BCUT2D eigenvalue weighted by atomic mass is 35.5. The highest BCUT2D eigenvalue weighted by Crippen LogP contribution is 2.27. The van der Waals surface area contributed by atoms with E-state index in [1.807, 2.05) is 0 Å². The van der Waals surface area contributed by atoms with Crippen LogP contribution in [0.1, 0.15) is 12.8 Å². The molecule has 1 aliphatic rings. The molecule has 0 atom stereocenters. The molecule has 0 saturated heterocycles. The fraction of sp³-hybridized carbons (Fsp3) is 0.333. The van der Waals surface area contributed by atoms with Gasteiger partial charge in [-0.1, -0.05) is 11.6 Å². The summed E-state index contributed by atoms with van der Waals surface area (Å²) in [7, 11) is 0. The molecule has 1 nitrogen and oxygen atoms in total. The molecule has 0 heterocycles. The number of halogens is 2. The van der Waals surface area contributed by atoms with E-state index in [1.165, 1.54) is 6.07 Å². The maximum absolute atomic E-state index is 13.0. The summed E-state index contributed by atoms with van der Waals surface area (Å²) in [6.07, 6.45) is 2.26. The van der Waals surface area contributed by atoms with Gasteiger partial charge in [-0.25, -0.2) is 4.39 Å². The molecule has 3 heteroatoms. The molecule has 1 aromatic carbocycles. The summed E-state index contributed by atoms with van der Waals surface area (Å²) in [5, 5.41) is 3.63. The Balaban J connectivity index is 2.21. The number of nitrogens with one attached hydrogen (secondary N) is 1. The fourth-order valence-electron chi connectivity index (χ4n) is 1.06. The summed E-state index contributed by atoms with van der Waals surface area (Å²) < 4.78 is 13.0. The predicted molar refractivity (Wildman–Crippen MR) is 48.1 cm³/mol. The molecule has 1 fully saturated rings. The highest BCUT2D eigenvalue weighted by molar-refractivity contribution is 6.30. The van der Waals surface area contributed by atoms with Crippen molar-refractivity contribution in [3.8, 4) is 0 Å². The molecule has 0 bridgehead atoms. The van der Waals surface area contributed by atoms with Gasteiger partial charge in [0.25, 0.3) is 0 Å². The summed E-state index contributed by atoms with van der Waals surface area (Å²) >= 11 is 5.71. The van der Waals surface area contributed by atoms with Gasteiger partial charge in [-0.15, -0.1) is 0 Å². The van der Waals surface area contributed by atoms with Crippen LogP contribution in [0.3, 0.4) is 0 Å². The summed E-state index contributed by atoms with van der Waals surface area (Å²) in [6, 6.07) is 5.01. The Kier molecular flexibility index (Phi) is 1.93. The van der Waals surface area contributed by atoms with Crippen molar-refractivity contribution < 1.29 is 4.39 Å². The molecule has 0 unspecified atom stereocenters. The van der Waals surface area contributed by atoms with Crippen molar-refractivity contribution in [3.05, 3.63) is 29.0 Å². The zero-order chi connectivity index (χ0) is 8.55. The molecule has 2 rings (SSSR count). The predicted octanol–water partition coefficient (Wildman–Crippen LogP) is 3.05. The number of hydrogen-bond acceptors (Lipinski definition) is 1. The van der Waals surface area contributed by atoms with Crippen LogP contribution in [0.4, 0.5) is 10.1 Å². The molecule has 1 aromatic rings. The van der Waals surface area contributed by atoms with Crippen LogP contribution < -0.4 is 5.32 Å². The first-order valence-electron chi connectivity index (χ1n) is 3.97. The van der Waals surface area contributed by atoms with E-state index in [0.29, 0.717) is 16.8 Å². The van der Waals surface area contributed by atoms with E-state index in [0.717, 1.165) is 12.8 Å². The minimum Gasteiger partial charge on any atom is -0.380 e. The van der Waals surface area contributed by atoms with Gasteiger partial charge >= 0.3 is 0 Å². The fourth-order valence-corrected chi connectivity index (χ4v) is 1.23. The van der Waals surface area contributed by atoms with Crippen molar-refractivity contribution in [3.63, 3.8) is 0 Å². The van der Waals surface area contributed by atoms with Crippen LogP contribution in [-0.4, -0.2) is 6.04 Å². The standard InChI is InChI=1S/C9H9ClFN/c10-6-1-4-8(11)9(5-6)12-7-2-3-7/h1,4-5,7,12H,2-3H2. The molecule has 0 amide bonds. The second-order valence-corrected chi connectivity index (χ2v) is 3.48. The Morgan fingerprint density at radius 3 is 2.83 bits per heavy atom. The van der Waals surface area contributed by atoms with E-state index in [-0.39, 0.29) is 5.82 Å². The molecule has 12 heavy (non-hydrogen) atoms. The zero-order valence-corrected chi connectivity index (χ0v) is 7.24. The maximum Gasteiger partial charge on any atom is 0.146 e. The van der Waals surface area contributed by atoms with Gasteiger partial charge in [0.1, 0.15) is 5.82 Å². The highest BCUT2D eigenvalue weighted by Gasteiger charge is 2.21. The van der Waals surface area contributed by atoms with E-state index in [2.05, 4.69) is 5.32 Å². The molecular formula is C9H9ClFN. The van der Waals surface area contributed by atoms with Gasteiger partial charge < -0.3 is 5.32 Å². The van der Waals surface area contributed by atoms with Crippen LogP contribution in [0.15, 0.2) is 18.2 Å². The SMILES string of the molecule is Fc1ccc(Cl)cc1NC1CC1. The third-order valence-electron chi connectivity index (χ3n) is 1.87. The van der Waals surface area contributed by atoms with E-state index >= 15 is 0 Å². The average molecular weight is 186 g/mol. The molecule has 1 N–H and O–H groups in total.